The van der Waals surface area contributed by atoms with Gasteiger partial charge in [-0.1, -0.05) is 23.2 Å². The van der Waals surface area contributed by atoms with Gasteiger partial charge in [-0.3, -0.25) is 15.1 Å². The van der Waals surface area contributed by atoms with Gasteiger partial charge >= 0.3 is 5.95 Å². The Labute approximate surface area is 163 Å². The minimum absolute atomic E-state index is 0.0486. The minimum Gasteiger partial charge on any atom is -0.390 e. The van der Waals surface area contributed by atoms with Crippen molar-refractivity contribution in [2.75, 3.05) is 5.32 Å². The van der Waals surface area contributed by atoms with Crippen molar-refractivity contribution in [3.05, 3.63) is 98.8 Å². The fourth-order valence-electron chi connectivity index (χ4n) is 3.09. The molecule has 1 N–H and O–H groups in total. The number of nitrogens with one attached hydrogen (secondary N) is 1. The lowest BCUT2D eigenvalue weighted by Gasteiger charge is -2.20. The molecule has 0 fully saturated rings. The Bertz CT molecular complexity index is 1190. The molecule has 144 valence electrons. The first-order chi connectivity index (χ1) is 14.0. The number of nitro groups is 2. The lowest BCUT2D eigenvalue weighted by molar-refractivity contribution is -0.396. The van der Waals surface area contributed by atoms with E-state index < -0.39 is 16.0 Å². The van der Waals surface area contributed by atoms with Gasteiger partial charge in [0.25, 0.3) is 5.69 Å². The number of hydrogen-bond acceptors (Lipinski definition) is 7. The highest BCUT2D eigenvalue weighted by Crippen LogP contribution is 2.31. The lowest BCUT2D eigenvalue weighted by atomic mass is 10.2. The van der Waals surface area contributed by atoms with Gasteiger partial charge in [0.05, 0.1) is 4.92 Å². The molecule has 10 nitrogen and oxygen atoms in total. The number of aromatic nitrogens is 3. The van der Waals surface area contributed by atoms with Crippen LogP contribution in [0.1, 0.15) is 11.7 Å². The fraction of sp³-hybridized carbons (Fsp3) is 0.0526. The van der Waals surface area contributed by atoms with Gasteiger partial charge in [0.1, 0.15) is 5.52 Å². The number of nitrogens with zero attached hydrogens (tertiary/aromatic N) is 5. The Hall–Kier alpha value is -4.34. The average molecular weight is 390 g/mol. The summed E-state index contributed by atoms with van der Waals surface area (Å²) in [5, 5.41) is 25.8. The number of nitro benzene ring substituents is 1. The molecule has 2 heterocycles. The number of anilines is 1. The van der Waals surface area contributed by atoms with Crippen molar-refractivity contribution in [3.8, 4) is 0 Å². The van der Waals surface area contributed by atoms with Gasteiger partial charge in [-0.15, -0.1) is 0 Å². The zero-order valence-corrected chi connectivity index (χ0v) is 14.9. The van der Waals surface area contributed by atoms with Gasteiger partial charge in [0, 0.05) is 35.8 Å². The molecule has 0 saturated carbocycles. The normalized spacial score (nSPS) is 11.9. The maximum absolute atomic E-state index is 11.7. The number of rotatable bonds is 6. The first kappa shape index (κ1) is 18.0. The van der Waals surface area contributed by atoms with Crippen LogP contribution in [0.25, 0.3) is 11.0 Å². The van der Waals surface area contributed by atoms with Crippen LogP contribution in [0.4, 0.5) is 17.3 Å². The lowest BCUT2D eigenvalue weighted by Crippen LogP contribution is -2.21. The van der Waals surface area contributed by atoms with E-state index in [-0.39, 0.29) is 11.6 Å². The quantitative estimate of drug-likeness (QED) is 0.390. The molecule has 0 amide bonds. The summed E-state index contributed by atoms with van der Waals surface area (Å²) in [6.45, 7) is 0. The number of pyridine rings is 1. The number of para-hydroxylation sites is 2. The SMILES string of the molecule is O=[N+]([O-])c1ccc(NC(c2cccnc2)n2c([N+](=O)[O-])nc3ccccc32)cc1. The van der Waals surface area contributed by atoms with Crippen LogP contribution in [0.5, 0.6) is 0 Å². The van der Waals surface area contributed by atoms with Gasteiger partial charge in [0.2, 0.25) is 0 Å². The summed E-state index contributed by atoms with van der Waals surface area (Å²) in [6, 6.07) is 16.3. The molecule has 10 heteroatoms. The summed E-state index contributed by atoms with van der Waals surface area (Å²) < 4.78 is 1.48. The maximum atomic E-state index is 11.7. The van der Waals surface area contributed by atoms with Gasteiger partial charge in [-0.2, -0.15) is 4.57 Å². The van der Waals surface area contributed by atoms with Crippen molar-refractivity contribution in [1.29, 1.82) is 0 Å². The van der Waals surface area contributed by atoms with Gasteiger partial charge < -0.3 is 15.4 Å². The Balaban J connectivity index is 1.86. The van der Waals surface area contributed by atoms with Crippen LogP contribution >= 0.6 is 0 Å². The molecule has 0 saturated heterocycles. The maximum Gasteiger partial charge on any atom is 0.437 e. The number of non-ortho nitro benzene ring substituents is 1. The summed E-state index contributed by atoms with van der Waals surface area (Å²) in [5.41, 5.74) is 2.22. The molecular formula is C19H14N6O4. The van der Waals surface area contributed by atoms with Crippen molar-refractivity contribution >= 4 is 28.4 Å². The van der Waals surface area contributed by atoms with E-state index in [0.29, 0.717) is 22.3 Å². The smallest absolute Gasteiger partial charge is 0.390 e. The van der Waals surface area contributed by atoms with Crippen LogP contribution in [0.15, 0.2) is 73.1 Å². The molecule has 2 aromatic carbocycles. The number of imidazole rings is 1. The van der Waals surface area contributed by atoms with Crippen LogP contribution in [0.3, 0.4) is 0 Å². The molecule has 4 aromatic rings. The largest absolute Gasteiger partial charge is 0.437 e. The van der Waals surface area contributed by atoms with Crippen molar-refractivity contribution in [2.45, 2.75) is 6.17 Å². The van der Waals surface area contributed by atoms with E-state index >= 15 is 0 Å². The summed E-state index contributed by atoms with van der Waals surface area (Å²) in [7, 11) is 0. The number of benzene rings is 2. The molecule has 0 aliphatic rings. The van der Waals surface area contributed by atoms with E-state index in [2.05, 4.69) is 15.3 Å². The Kier molecular flexibility index (Phi) is 4.57. The Morgan fingerprint density at radius 3 is 2.34 bits per heavy atom. The molecule has 0 spiro atoms. The van der Waals surface area contributed by atoms with Crippen molar-refractivity contribution in [3.63, 3.8) is 0 Å². The minimum atomic E-state index is -0.710. The van der Waals surface area contributed by atoms with E-state index in [1.165, 1.54) is 16.7 Å². The predicted octanol–water partition coefficient (Wildman–Crippen LogP) is 3.91. The third-order valence-electron chi connectivity index (χ3n) is 4.38. The molecule has 0 bridgehead atoms. The molecule has 0 radical (unpaired) electrons. The van der Waals surface area contributed by atoms with E-state index in [1.54, 1.807) is 60.9 Å². The number of hydrogen-bond donors (Lipinski definition) is 1. The summed E-state index contributed by atoms with van der Waals surface area (Å²) in [4.78, 5) is 29.8. The standard InChI is InChI=1S/C19H14N6O4/c26-24(27)15-9-7-14(8-10-15)21-18(13-4-3-11-20-12-13)23-17-6-2-1-5-16(17)22-19(23)25(28)29/h1-12,18,21H. The van der Waals surface area contributed by atoms with Crippen LogP contribution in [-0.4, -0.2) is 24.4 Å². The first-order valence-electron chi connectivity index (χ1n) is 8.57. The Morgan fingerprint density at radius 1 is 0.931 bits per heavy atom. The topological polar surface area (TPSA) is 129 Å². The zero-order valence-electron chi connectivity index (χ0n) is 14.9. The molecule has 1 unspecified atom stereocenters. The van der Waals surface area contributed by atoms with E-state index in [4.69, 9.17) is 0 Å². The van der Waals surface area contributed by atoms with Crippen LogP contribution in [0, 0.1) is 20.2 Å². The number of fused-ring (bicyclic) bond motifs is 1. The monoisotopic (exact) mass is 390 g/mol. The third-order valence-corrected chi connectivity index (χ3v) is 4.38. The van der Waals surface area contributed by atoms with Gasteiger partial charge in [-0.25, -0.2) is 0 Å². The molecular weight excluding hydrogens is 376 g/mol. The fourth-order valence-corrected chi connectivity index (χ4v) is 3.09. The molecule has 2 aromatic heterocycles. The van der Waals surface area contributed by atoms with Crippen LogP contribution in [-0.2, 0) is 0 Å². The molecule has 0 aliphatic carbocycles. The molecule has 29 heavy (non-hydrogen) atoms. The molecule has 0 aliphatic heterocycles. The zero-order chi connectivity index (χ0) is 20.4. The molecule has 4 rings (SSSR count). The summed E-state index contributed by atoms with van der Waals surface area (Å²) in [5.74, 6) is -0.325. The van der Waals surface area contributed by atoms with Crippen molar-refractivity contribution in [2.24, 2.45) is 0 Å². The second-order valence-corrected chi connectivity index (χ2v) is 6.16. The average Bonchev–Trinajstić information content (AvgIpc) is 3.13. The van der Waals surface area contributed by atoms with E-state index in [0.717, 1.165) is 0 Å². The van der Waals surface area contributed by atoms with Crippen molar-refractivity contribution < 1.29 is 9.85 Å². The second kappa shape index (κ2) is 7.35. The van der Waals surface area contributed by atoms with Crippen LogP contribution < -0.4 is 5.32 Å². The van der Waals surface area contributed by atoms with E-state index in [9.17, 15) is 20.2 Å². The summed E-state index contributed by atoms with van der Waals surface area (Å²) >= 11 is 0. The second-order valence-electron chi connectivity index (χ2n) is 6.16. The highest BCUT2D eigenvalue weighted by atomic mass is 16.6. The Morgan fingerprint density at radius 2 is 1.69 bits per heavy atom. The van der Waals surface area contributed by atoms with Gasteiger partial charge in [0.15, 0.2) is 11.7 Å². The highest BCUT2D eigenvalue weighted by molar-refractivity contribution is 5.78. The highest BCUT2D eigenvalue weighted by Gasteiger charge is 2.29. The van der Waals surface area contributed by atoms with Crippen LogP contribution in [0.2, 0.25) is 0 Å². The summed E-state index contributed by atoms with van der Waals surface area (Å²) in [6.07, 6.45) is 2.49. The molecule has 1 atom stereocenters. The van der Waals surface area contributed by atoms with Crippen molar-refractivity contribution in [1.82, 2.24) is 14.5 Å². The predicted molar refractivity (Wildman–Crippen MR) is 105 cm³/mol. The first-order valence-corrected chi connectivity index (χ1v) is 8.57. The van der Waals surface area contributed by atoms with Gasteiger partial charge in [-0.05, 0) is 35.3 Å². The van der Waals surface area contributed by atoms with E-state index in [1.807, 2.05) is 0 Å². The third kappa shape index (κ3) is 3.46.